The molecule has 0 saturated heterocycles. The van der Waals surface area contributed by atoms with Crippen LogP contribution >= 0.6 is 0 Å². The first-order valence-corrected chi connectivity index (χ1v) is 13.5. The fraction of sp³-hybridized carbons (Fsp3) is 0.324. The van der Waals surface area contributed by atoms with Crippen LogP contribution in [0, 0.1) is 18.8 Å². The molecule has 0 spiro atoms. The number of aryl methyl sites for hydroxylation is 1. The molecule has 6 rings (SSSR count). The van der Waals surface area contributed by atoms with Crippen LogP contribution in [0.2, 0.25) is 0 Å². The predicted molar refractivity (Wildman–Crippen MR) is 151 cm³/mol. The third kappa shape index (κ3) is 4.02. The number of benzene rings is 3. The van der Waals surface area contributed by atoms with Crippen molar-refractivity contribution in [1.82, 2.24) is 0 Å². The van der Waals surface area contributed by atoms with Crippen LogP contribution in [0.5, 0.6) is 0 Å². The van der Waals surface area contributed by atoms with Crippen LogP contribution in [0.4, 0.5) is 0 Å². The molecule has 0 radical (unpaired) electrons. The average Bonchev–Trinajstić information content (AvgIpc) is 3.27. The number of aliphatic hydroxyl groups excluding tert-OH is 1. The summed E-state index contributed by atoms with van der Waals surface area (Å²) >= 11 is 0. The Hall–Kier alpha value is -3.27. The Bertz CT molecular complexity index is 1500. The van der Waals surface area contributed by atoms with Gasteiger partial charge in [-0.15, -0.1) is 0 Å². The van der Waals surface area contributed by atoms with Gasteiger partial charge in [-0.2, -0.15) is 4.57 Å². The molecule has 0 fully saturated rings. The Kier molecular flexibility index (Phi) is 6.22. The maximum absolute atomic E-state index is 10.4. The molecule has 4 aromatic rings. The zero-order valence-corrected chi connectivity index (χ0v) is 22.2. The van der Waals surface area contributed by atoms with Crippen molar-refractivity contribution in [3.8, 4) is 22.4 Å². The van der Waals surface area contributed by atoms with E-state index in [9.17, 15) is 5.11 Å². The SMILES string of the molecule is COCC1C=C(CO)C2c3ccc(C)cc3-c3cc(CC(C)C)c4cc(-c5ccccc5)ccc4[n+]3C12. The number of rotatable bonds is 6. The largest absolute Gasteiger partial charge is 0.392 e. The highest BCUT2D eigenvalue weighted by molar-refractivity contribution is 5.87. The molecule has 37 heavy (non-hydrogen) atoms. The summed E-state index contributed by atoms with van der Waals surface area (Å²) in [5.74, 6) is 0.893. The summed E-state index contributed by atoms with van der Waals surface area (Å²) in [6.45, 7) is 7.49. The number of nitrogens with zero attached hydrogens (tertiary/aromatic N) is 1. The van der Waals surface area contributed by atoms with Gasteiger partial charge >= 0.3 is 0 Å². The van der Waals surface area contributed by atoms with Gasteiger partial charge in [0, 0.05) is 19.2 Å². The van der Waals surface area contributed by atoms with E-state index in [2.05, 4.69) is 104 Å². The number of aliphatic hydroxyl groups is 1. The summed E-state index contributed by atoms with van der Waals surface area (Å²) in [5, 5.41) is 11.7. The van der Waals surface area contributed by atoms with E-state index in [1.54, 1.807) is 7.11 Å². The molecule has 2 heterocycles. The van der Waals surface area contributed by atoms with E-state index >= 15 is 0 Å². The minimum Gasteiger partial charge on any atom is -0.392 e. The number of hydrogen-bond donors (Lipinski definition) is 1. The van der Waals surface area contributed by atoms with Crippen molar-refractivity contribution >= 4 is 10.9 Å². The van der Waals surface area contributed by atoms with Crippen molar-refractivity contribution in [3.05, 3.63) is 101 Å². The van der Waals surface area contributed by atoms with Gasteiger partial charge in [0.15, 0.2) is 6.04 Å². The average molecular weight is 491 g/mol. The number of fused-ring (bicyclic) bond motifs is 8. The van der Waals surface area contributed by atoms with E-state index in [0.29, 0.717) is 12.5 Å². The molecular weight excluding hydrogens is 454 g/mol. The summed E-state index contributed by atoms with van der Waals surface area (Å²) in [7, 11) is 1.78. The normalized spacial score (nSPS) is 20.1. The first-order chi connectivity index (χ1) is 18.0. The fourth-order valence-electron chi connectivity index (χ4n) is 6.71. The Labute approximate surface area is 220 Å². The van der Waals surface area contributed by atoms with Gasteiger partial charge in [-0.25, -0.2) is 0 Å². The van der Waals surface area contributed by atoms with Crippen LogP contribution in [-0.2, 0) is 11.2 Å². The highest BCUT2D eigenvalue weighted by Gasteiger charge is 2.50. The van der Waals surface area contributed by atoms with Crippen LogP contribution in [0.25, 0.3) is 33.3 Å². The van der Waals surface area contributed by atoms with Crippen LogP contribution in [0.15, 0.2) is 84.4 Å². The topological polar surface area (TPSA) is 33.3 Å². The minimum absolute atomic E-state index is 0.0755. The lowest BCUT2D eigenvalue weighted by Gasteiger charge is -2.31. The van der Waals surface area contributed by atoms with Crippen molar-refractivity contribution < 1.29 is 14.4 Å². The number of pyridine rings is 1. The monoisotopic (exact) mass is 490 g/mol. The molecule has 0 saturated carbocycles. The zero-order valence-electron chi connectivity index (χ0n) is 22.2. The highest BCUT2D eigenvalue weighted by atomic mass is 16.5. The van der Waals surface area contributed by atoms with E-state index in [4.69, 9.17) is 4.74 Å². The third-order valence-electron chi connectivity index (χ3n) is 8.18. The molecule has 0 bridgehead atoms. The van der Waals surface area contributed by atoms with Crippen molar-refractivity contribution in [3.63, 3.8) is 0 Å². The molecule has 1 N–H and O–H groups in total. The quantitative estimate of drug-likeness (QED) is 0.238. The fourth-order valence-corrected chi connectivity index (χ4v) is 6.71. The Morgan fingerprint density at radius 3 is 2.49 bits per heavy atom. The maximum atomic E-state index is 10.4. The molecule has 3 nitrogen and oxygen atoms in total. The van der Waals surface area contributed by atoms with Crippen molar-refractivity contribution in [2.24, 2.45) is 11.8 Å². The van der Waals surface area contributed by atoms with Crippen LogP contribution in [0.3, 0.4) is 0 Å². The molecule has 3 atom stereocenters. The van der Waals surface area contributed by atoms with Crippen LogP contribution in [0.1, 0.15) is 42.5 Å². The van der Waals surface area contributed by atoms with Gasteiger partial charge in [0.05, 0.1) is 36.0 Å². The van der Waals surface area contributed by atoms with E-state index in [1.165, 1.54) is 50.0 Å². The molecular formula is C34H36NO2+. The predicted octanol–water partition coefficient (Wildman–Crippen LogP) is 6.80. The number of hydrogen-bond acceptors (Lipinski definition) is 2. The van der Waals surface area contributed by atoms with Crippen LogP contribution in [-0.4, -0.2) is 25.4 Å². The smallest absolute Gasteiger partial charge is 0.213 e. The lowest BCUT2D eigenvalue weighted by atomic mass is 9.78. The summed E-state index contributed by atoms with van der Waals surface area (Å²) in [5.41, 5.74) is 11.4. The second-order valence-electron chi connectivity index (χ2n) is 11.2. The maximum Gasteiger partial charge on any atom is 0.213 e. The van der Waals surface area contributed by atoms with E-state index < -0.39 is 0 Å². The first kappa shape index (κ1) is 24.1. The van der Waals surface area contributed by atoms with Gasteiger partial charge in [-0.3, -0.25) is 0 Å². The van der Waals surface area contributed by atoms with E-state index in [0.717, 1.165) is 12.0 Å². The molecule has 2 aliphatic rings. The lowest BCUT2D eigenvalue weighted by molar-refractivity contribution is -0.697. The number of ether oxygens (including phenoxy) is 1. The van der Waals surface area contributed by atoms with Gasteiger partial charge < -0.3 is 9.84 Å². The lowest BCUT2D eigenvalue weighted by Crippen LogP contribution is -2.50. The van der Waals surface area contributed by atoms with E-state index in [1.807, 2.05) is 0 Å². The summed E-state index contributed by atoms with van der Waals surface area (Å²) in [6.07, 6.45) is 3.30. The molecule has 1 aliphatic heterocycles. The number of methoxy groups -OCH3 is 1. The Balaban J connectivity index is 1.67. The molecule has 3 aromatic carbocycles. The van der Waals surface area contributed by atoms with Crippen LogP contribution < -0.4 is 4.57 Å². The van der Waals surface area contributed by atoms with Gasteiger partial charge in [0.2, 0.25) is 11.2 Å². The molecule has 1 aliphatic carbocycles. The minimum atomic E-state index is 0.0755. The van der Waals surface area contributed by atoms with Gasteiger partial charge in [0.25, 0.3) is 0 Å². The summed E-state index contributed by atoms with van der Waals surface area (Å²) < 4.78 is 8.29. The van der Waals surface area contributed by atoms with Crippen molar-refractivity contribution in [2.45, 2.75) is 39.2 Å². The summed E-state index contributed by atoms with van der Waals surface area (Å²) in [4.78, 5) is 0. The molecule has 0 amide bonds. The molecule has 188 valence electrons. The van der Waals surface area contributed by atoms with Gasteiger partial charge in [0.1, 0.15) is 0 Å². The van der Waals surface area contributed by atoms with Gasteiger partial charge in [-0.05, 0) is 65.3 Å². The first-order valence-electron chi connectivity index (χ1n) is 13.5. The standard InChI is InChI=1S/C34H36NO2/c1-21(2)14-25-18-32-30-15-22(3)10-12-28(30)33-26(19-36)16-27(20-37-4)34(33)35(32)31-13-11-24(17-29(25)31)23-8-6-5-7-9-23/h5-13,15-18,21,27,33-34,36H,14,19-20H2,1-4H3/q+1. The molecule has 1 aromatic heterocycles. The van der Waals surface area contributed by atoms with Crippen molar-refractivity contribution in [1.29, 1.82) is 0 Å². The van der Waals surface area contributed by atoms with Gasteiger partial charge in [-0.1, -0.05) is 68.0 Å². The highest BCUT2D eigenvalue weighted by Crippen LogP contribution is 2.51. The second-order valence-corrected chi connectivity index (χ2v) is 11.2. The van der Waals surface area contributed by atoms with Crippen molar-refractivity contribution in [2.75, 3.05) is 20.3 Å². The Morgan fingerprint density at radius 1 is 0.946 bits per heavy atom. The Morgan fingerprint density at radius 2 is 1.76 bits per heavy atom. The number of aromatic nitrogens is 1. The second kappa shape index (κ2) is 9.55. The third-order valence-corrected chi connectivity index (χ3v) is 8.18. The summed E-state index contributed by atoms with van der Waals surface area (Å²) in [6, 6.07) is 27.1. The van der Waals surface area contributed by atoms with E-state index in [-0.39, 0.29) is 24.5 Å². The molecule has 3 unspecified atom stereocenters. The molecule has 3 heteroatoms. The zero-order chi connectivity index (χ0) is 25.7.